The van der Waals surface area contributed by atoms with Gasteiger partial charge in [-0.25, -0.2) is 4.98 Å². The van der Waals surface area contributed by atoms with E-state index in [0.29, 0.717) is 30.1 Å². The van der Waals surface area contributed by atoms with Crippen molar-refractivity contribution in [3.05, 3.63) is 53.6 Å². The lowest BCUT2D eigenvalue weighted by molar-refractivity contribution is -0.129. The third-order valence-corrected chi connectivity index (χ3v) is 11.5. The van der Waals surface area contributed by atoms with Crippen LogP contribution < -0.4 is 9.80 Å². The monoisotopic (exact) mass is 592 g/mol. The van der Waals surface area contributed by atoms with Crippen LogP contribution in [0, 0.1) is 34.5 Å². The number of hydrogen-bond acceptors (Lipinski definition) is 6. The molecule has 0 bridgehead atoms. The molecule has 228 valence electrons. The van der Waals surface area contributed by atoms with E-state index in [0.717, 1.165) is 76.6 Å². The summed E-state index contributed by atoms with van der Waals surface area (Å²) in [6.45, 7) is 17.5. The maximum atomic E-state index is 14.1. The highest BCUT2D eigenvalue weighted by atomic mass is 35.5. The largest absolute Gasteiger partial charge is 0.357 e. The molecule has 1 aromatic rings. The number of halogens is 1. The second-order valence-corrected chi connectivity index (χ2v) is 13.7. The Balaban J connectivity index is 0.00000353. The number of carbonyl (C=O) groups is 2. The molecule has 2 saturated carbocycles. The molecule has 0 aromatic carbocycles. The molecule has 1 aliphatic heterocycles. The van der Waals surface area contributed by atoms with Gasteiger partial charge in [0.1, 0.15) is 11.6 Å². The predicted octanol–water partition coefficient (Wildman–Crippen LogP) is 6.13. The second-order valence-electron chi connectivity index (χ2n) is 13.7. The quantitative estimate of drug-likeness (QED) is 0.355. The van der Waals surface area contributed by atoms with Crippen LogP contribution in [0.15, 0.2) is 53.6 Å². The molecular formula is C35H49ClN4O2. The van der Waals surface area contributed by atoms with Gasteiger partial charge in [0.05, 0.1) is 6.54 Å². The summed E-state index contributed by atoms with van der Waals surface area (Å²) in [6, 6.07) is 6.33. The number of carbonyl (C=O) groups excluding carboxylic acids is 2. The van der Waals surface area contributed by atoms with Crippen molar-refractivity contribution in [1.29, 1.82) is 0 Å². The second kappa shape index (κ2) is 11.9. The molecule has 1 saturated heterocycles. The molecule has 6 rings (SSSR count). The topological polar surface area (TPSA) is 56.8 Å². The summed E-state index contributed by atoms with van der Waals surface area (Å²) in [6.07, 6.45) is 12.5. The number of hydrogen-bond donors (Lipinski definition) is 0. The van der Waals surface area contributed by atoms with Crippen molar-refractivity contribution in [2.75, 3.05) is 55.6 Å². The zero-order valence-corrected chi connectivity index (χ0v) is 27.0. The third kappa shape index (κ3) is 5.17. The van der Waals surface area contributed by atoms with Gasteiger partial charge < -0.3 is 9.80 Å². The Morgan fingerprint density at radius 1 is 1.12 bits per heavy atom. The van der Waals surface area contributed by atoms with Crippen LogP contribution in [0.1, 0.15) is 60.3 Å². The molecule has 5 aliphatic rings. The van der Waals surface area contributed by atoms with Gasteiger partial charge in [-0.3, -0.25) is 14.5 Å². The van der Waals surface area contributed by atoms with Gasteiger partial charge in [-0.05, 0) is 93.9 Å². The van der Waals surface area contributed by atoms with Crippen molar-refractivity contribution in [3.8, 4) is 0 Å². The Labute approximate surface area is 258 Å². The number of pyridine rings is 1. The fourth-order valence-corrected chi connectivity index (χ4v) is 9.34. The van der Waals surface area contributed by atoms with Crippen molar-refractivity contribution >= 4 is 35.6 Å². The number of Topliss-reactive ketones (excluding diaryl/α,β-unsaturated/α-hetero) is 1. The zero-order chi connectivity index (χ0) is 28.9. The van der Waals surface area contributed by atoms with Crippen LogP contribution in [0.25, 0.3) is 0 Å². The molecule has 4 aliphatic carbocycles. The summed E-state index contributed by atoms with van der Waals surface area (Å²) < 4.78 is 0. The van der Waals surface area contributed by atoms with Crippen molar-refractivity contribution in [3.63, 3.8) is 0 Å². The van der Waals surface area contributed by atoms with E-state index in [1.165, 1.54) is 11.1 Å². The molecule has 7 heteroatoms. The van der Waals surface area contributed by atoms with E-state index in [1.54, 1.807) is 6.08 Å². The summed E-state index contributed by atoms with van der Waals surface area (Å²) in [5.74, 6) is 4.23. The molecule has 6 atom stereocenters. The highest BCUT2D eigenvalue weighted by Gasteiger charge is 2.59. The minimum absolute atomic E-state index is 0. The average Bonchev–Trinajstić information content (AvgIpc) is 3.24. The lowest BCUT2D eigenvalue weighted by Crippen LogP contribution is -2.50. The molecule has 0 amide bonds. The maximum absolute atomic E-state index is 14.1. The SMILES string of the molecule is CCN(CC)c1cccc(N2CCN(CC(=O)[C@H]3[C@H](C)C[C@H]4[C@@H]5CCC6=CC(=O)C=C[C@]6(C)C5=CC[C@@]43C)CC2)n1.Cl. The Kier molecular flexibility index (Phi) is 8.80. The van der Waals surface area contributed by atoms with Crippen LogP contribution in [0.2, 0.25) is 0 Å². The summed E-state index contributed by atoms with van der Waals surface area (Å²) >= 11 is 0. The number of ketones is 2. The zero-order valence-electron chi connectivity index (χ0n) is 26.1. The van der Waals surface area contributed by atoms with Gasteiger partial charge in [0, 0.05) is 50.6 Å². The van der Waals surface area contributed by atoms with Gasteiger partial charge in [-0.1, -0.05) is 43.2 Å². The molecule has 0 N–H and O–H groups in total. The number of anilines is 2. The van der Waals surface area contributed by atoms with E-state index in [-0.39, 0.29) is 34.9 Å². The maximum Gasteiger partial charge on any atom is 0.178 e. The highest BCUT2D eigenvalue weighted by Crippen LogP contribution is 2.65. The van der Waals surface area contributed by atoms with E-state index < -0.39 is 0 Å². The number of fused-ring (bicyclic) bond motifs is 5. The van der Waals surface area contributed by atoms with Gasteiger partial charge in [-0.15, -0.1) is 12.4 Å². The lowest BCUT2D eigenvalue weighted by Gasteiger charge is -2.52. The van der Waals surface area contributed by atoms with E-state index in [9.17, 15) is 9.59 Å². The minimum Gasteiger partial charge on any atom is -0.357 e. The standard InChI is InChI=1S/C35H48N4O2.ClH/c1-6-38(7-2)31-9-8-10-32(36-31)39-19-17-37(18-20-39)23-30(41)33-24(3)21-29-27-12-11-25-22-26(40)13-15-34(25,4)28(27)14-16-35(29,33)5;/h8-10,13-15,22,24,27,29,33H,6-7,11-12,16-21,23H2,1-5H3;1H/t24-,27-,29+,33-,34+,35+;/m1./s1. The van der Waals surface area contributed by atoms with Gasteiger partial charge in [0.15, 0.2) is 11.6 Å². The molecule has 6 nitrogen and oxygen atoms in total. The summed E-state index contributed by atoms with van der Waals surface area (Å²) in [7, 11) is 0. The van der Waals surface area contributed by atoms with Crippen LogP contribution in [-0.4, -0.2) is 67.3 Å². The van der Waals surface area contributed by atoms with Crippen LogP contribution in [0.3, 0.4) is 0 Å². The number of nitrogens with zero attached hydrogens (tertiary/aromatic N) is 4. The fourth-order valence-electron chi connectivity index (χ4n) is 9.34. The van der Waals surface area contributed by atoms with Crippen LogP contribution in [0.4, 0.5) is 11.6 Å². The van der Waals surface area contributed by atoms with Crippen molar-refractivity contribution in [1.82, 2.24) is 9.88 Å². The van der Waals surface area contributed by atoms with Gasteiger partial charge in [0.2, 0.25) is 0 Å². The Morgan fingerprint density at radius 2 is 1.86 bits per heavy atom. The molecule has 0 radical (unpaired) electrons. The smallest absolute Gasteiger partial charge is 0.178 e. The number of allylic oxidation sites excluding steroid dienone is 6. The highest BCUT2D eigenvalue weighted by molar-refractivity contribution is 6.01. The first kappa shape index (κ1) is 31.0. The Morgan fingerprint density at radius 3 is 2.57 bits per heavy atom. The fraction of sp³-hybridized carbons (Fsp3) is 0.629. The number of aromatic nitrogens is 1. The van der Waals surface area contributed by atoms with E-state index >= 15 is 0 Å². The van der Waals surface area contributed by atoms with Crippen LogP contribution in [0.5, 0.6) is 0 Å². The summed E-state index contributed by atoms with van der Waals surface area (Å²) in [4.78, 5) is 38.1. The molecular weight excluding hydrogens is 544 g/mol. The van der Waals surface area contributed by atoms with Crippen LogP contribution >= 0.6 is 12.4 Å². The summed E-state index contributed by atoms with van der Waals surface area (Å²) in [5.41, 5.74) is 2.69. The minimum atomic E-state index is -0.122. The third-order valence-electron chi connectivity index (χ3n) is 11.5. The van der Waals surface area contributed by atoms with Gasteiger partial charge >= 0.3 is 0 Å². The molecule has 3 fully saturated rings. The van der Waals surface area contributed by atoms with E-state index in [1.807, 2.05) is 6.08 Å². The molecule has 0 unspecified atom stereocenters. The first-order valence-electron chi connectivity index (χ1n) is 16.0. The van der Waals surface area contributed by atoms with Crippen molar-refractivity contribution in [2.45, 2.75) is 60.3 Å². The van der Waals surface area contributed by atoms with E-state index in [4.69, 9.17) is 4.98 Å². The summed E-state index contributed by atoms with van der Waals surface area (Å²) in [5, 5.41) is 0. The Hall–Kier alpha value is -2.44. The van der Waals surface area contributed by atoms with Crippen molar-refractivity contribution in [2.24, 2.45) is 34.5 Å². The van der Waals surface area contributed by atoms with E-state index in [2.05, 4.69) is 79.7 Å². The first-order chi connectivity index (χ1) is 19.7. The van der Waals surface area contributed by atoms with Crippen molar-refractivity contribution < 1.29 is 9.59 Å². The predicted molar refractivity (Wildman–Crippen MR) is 173 cm³/mol. The lowest BCUT2D eigenvalue weighted by atomic mass is 9.52. The normalized spacial score (nSPS) is 34.0. The molecule has 2 heterocycles. The average molecular weight is 593 g/mol. The molecule has 1 aromatic heterocycles. The first-order valence-corrected chi connectivity index (χ1v) is 16.0. The van der Waals surface area contributed by atoms with Gasteiger partial charge in [-0.2, -0.15) is 0 Å². The number of piperazine rings is 1. The Bertz CT molecular complexity index is 1290. The molecule has 42 heavy (non-hydrogen) atoms. The van der Waals surface area contributed by atoms with Gasteiger partial charge in [0.25, 0.3) is 0 Å². The van der Waals surface area contributed by atoms with Crippen LogP contribution in [-0.2, 0) is 9.59 Å². The molecule has 0 spiro atoms. The number of rotatable bonds is 7.